The predicted octanol–water partition coefficient (Wildman–Crippen LogP) is 2.74. The molecule has 19 heavy (non-hydrogen) atoms. The topological polar surface area (TPSA) is 37.4 Å². The van der Waals surface area contributed by atoms with Crippen LogP contribution in [0.1, 0.15) is 41.3 Å². The molecule has 1 fully saturated rings. The zero-order chi connectivity index (χ0) is 14.0. The lowest BCUT2D eigenvalue weighted by Crippen LogP contribution is -2.39. The van der Waals surface area contributed by atoms with Crippen LogP contribution in [0, 0.1) is 19.8 Å². The van der Waals surface area contributed by atoms with Gasteiger partial charge < -0.3 is 4.90 Å². The molecule has 1 aliphatic rings. The van der Waals surface area contributed by atoms with E-state index in [0.717, 1.165) is 24.0 Å². The van der Waals surface area contributed by atoms with Crippen LogP contribution in [0.3, 0.4) is 0 Å². The second-order valence-electron chi connectivity index (χ2n) is 5.48. The van der Waals surface area contributed by atoms with Gasteiger partial charge in [-0.2, -0.15) is 0 Å². The van der Waals surface area contributed by atoms with Crippen LogP contribution in [-0.4, -0.2) is 29.7 Å². The number of rotatable bonds is 2. The Kier molecular flexibility index (Phi) is 4.03. The van der Waals surface area contributed by atoms with Gasteiger partial charge in [-0.1, -0.05) is 6.07 Å². The molecule has 0 aliphatic carbocycles. The van der Waals surface area contributed by atoms with E-state index in [2.05, 4.69) is 0 Å². The Morgan fingerprint density at radius 3 is 2.26 bits per heavy atom. The van der Waals surface area contributed by atoms with Gasteiger partial charge in [0.15, 0.2) is 0 Å². The summed E-state index contributed by atoms with van der Waals surface area (Å²) in [4.78, 5) is 25.6. The minimum atomic E-state index is 0.0881. The van der Waals surface area contributed by atoms with Gasteiger partial charge in [0.25, 0.3) is 5.91 Å². The number of nitrogens with zero attached hydrogens (tertiary/aromatic N) is 1. The third-order valence-corrected chi connectivity index (χ3v) is 4.11. The van der Waals surface area contributed by atoms with Gasteiger partial charge in [-0.3, -0.25) is 9.59 Å². The minimum Gasteiger partial charge on any atom is -0.339 e. The second-order valence-corrected chi connectivity index (χ2v) is 5.48. The number of aryl methyl sites for hydroxylation is 2. The lowest BCUT2D eigenvalue weighted by atomic mass is 9.93. The van der Waals surface area contributed by atoms with E-state index in [0.29, 0.717) is 13.1 Å². The number of piperidine rings is 1. The van der Waals surface area contributed by atoms with Crippen LogP contribution in [0.5, 0.6) is 0 Å². The molecular formula is C16H21NO2. The van der Waals surface area contributed by atoms with Crippen molar-refractivity contribution in [3.63, 3.8) is 0 Å². The normalized spacial score (nSPS) is 16.5. The highest BCUT2D eigenvalue weighted by Gasteiger charge is 2.25. The van der Waals surface area contributed by atoms with E-state index in [9.17, 15) is 9.59 Å². The molecule has 1 heterocycles. The van der Waals surface area contributed by atoms with Crippen molar-refractivity contribution in [2.45, 2.75) is 33.6 Å². The second kappa shape index (κ2) is 5.55. The molecule has 102 valence electrons. The van der Waals surface area contributed by atoms with E-state index < -0.39 is 0 Å². The Bertz CT molecular complexity index is 499. The first-order chi connectivity index (χ1) is 8.99. The molecule has 0 N–H and O–H groups in total. The van der Waals surface area contributed by atoms with Crippen molar-refractivity contribution in [2.75, 3.05) is 13.1 Å². The van der Waals surface area contributed by atoms with Crippen LogP contribution in [0.2, 0.25) is 0 Å². The van der Waals surface area contributed by atoms with Gasteiger partial charge in [0.2, 0.25) is 0 Å². The van der Waals surface area contributed by atoms with Crippen molar-refractivity contribution in [3.8, 4) is 0 Å². The maximum Gasteiger partial charge on any atom is 0.253 e. The standard InChI is InChI=1S/C16H21NO2/c1-11-4-5-15(10-12(11)2)16(19)17-8-6-14(7-9-17)13(3)18/h4-5,10,14H,6-9H2,1-3H3. The number of ketones is 1. The molecule has 0 bridgehead atoms. The first-order valence-corrected chi connectivity index (χ1v) is 6.86. The SMILES string of the molecule is CC(=O)C1CCN(C(=O)c2ccc(C)c(C)c2)CC1. The quantitative estimate of drug-likeness (QED) is 0.819. The molecule has 1 aromatic rings. The third kappa shape index (κ3) is 3.03. The largest absolute Gasteiger partial charge is 0.339 e. The summed E-state index contributed by atoms with van der Waals surface area (Å²) in [5, 5.41) is 0. The highest BCUT2D eigenvalue weighted by Crippen LogP contribution is 2.20. The van der Waals surface area contributed by atoms with Crippen molar-refractivity contribution in [3.05, 3.63) is 34.9 Å². The van der Waals surface area contributed by atoms with Crippen molar-refractivity contribution in [2.24, 2.45) is 5.92 Å². The summed E-state index contributed by atoms with van der Waals surface area (Å²) in [5.74, 6) is 0.479. The highest BCUT2D eigenvalue weighted by molar-refractivity contribution is 5.94. The molecule has 0 saturated carbocycles. The maximum atomic E-state index is 12.4. The summed E-state index contributed by atoms with van der Waals surface area (Å²) in [6, 6.07) is 5.83. The van der Waals surface area contributed by atoms with Crippen LogP contribution in [0.15, 0.2) is 18.2 Å². The van der Waals surface area contributed by atoms with E-state index in [4.69, 9.17) is 0 Å². The zero-order valence-corrected chi connectivity index (χ0v) is 11.9. The van der Waals surface area contributed by atoms with Gasteiger partial charge in [0, 0.05) is 24.6 Å². The summed E-state index contributed by atoms with van der Waals surface area (Å²) in [7, 11) is 0. The molecular weight excluding hydrogens is 238 g/mol. The third-order valence-electron chi connectivity index (χ3n) is 4.11. The molecule has 1 amide bonds. The lowest BCUT2D eigenvalue weighted by molar-refractivity contribution is -0.121. The number of hydrogen-bond donors (Lipinski definition) is 0. The monoisotopic (exact) mass is 259 g/mol. The van der Waals surface area contributed by atoms with E-state index in [1.807, 2.05) is 36.9 Å². The Balaban J connectivity index is 2.05. The number of Topliss-reactive ketones (excluding diaryl/α,β-unsaturated/α-hetero) is 1. The lowest BCUT2D eigenvalue weighted by Gasteiger charge is -2.31. The summed E-state index contributed by atoms with van der Waals surface area (Å²) >= 11 is 0. The van der Waals surface area contributed by atoms with Crippen LogP contribution < -0.4 is 0 Å². The van der Waals surface area contributed by atoms with Crippen molar-refractivity contribution >= 4 is 11.7 Å². The molecule has 1 aliphatic heterocycles. The molecule has 0 unspecified atom stereocenters. The molecule has 0 spiro atoms. The number of carbonyl (C=O) groups is 2. The molecule has 0 atom stereocenters. The molecule has 0 radical (unpaired) electrons. The highest BCUT2D eigenvalue weighted by atomic mass is 16.2. The van der Waals surface area contributed by atoms with E-state index in [1.54, 1.807) is 6.92 Å². The molecule has 2 rings (SSSR count). The Hall–Kier alpha value is -1.64. The van der Waals surface area contributed by atoms with E-state index in [-0.39, 0.29) is 17.6 Å². The van der Waals surface area contributed by atoms with Crippen molar-refractivity contribution in [1.82, 2.24) is 4.90 Å². The number of likely N-dealkylation sites (tertiary alicyclic amines) is 1. The Labute approximate surface area is 114 Å². The van der Waals surface area contributed by atoms with Crippen LogP contribution in [0.25, 0.3) is 0 Å². The predicted molar refractivity (Wildman–Crippen MR) is 75.2 cm³/mol. The molecule has 1 aromatic carbocycles. The molecule has 3 heteroatoms. The maximum absolute atomic E-state index is 12.4. The van der Waals surface area contributed by atoms with Gasteiger partial charge in [0.1, 0.15) is 5.78 Å². The van der Waals surface area contributed by atoms with E-state index >= 15 is 0 Å². The first kappa shape index (κ1) is 13.8. The van der Waals surface area contributed by atoms with Crippen molar-refractivity contribution in [1.29, 1.82) is 0 Å². The van der Waals surface area contributed by atoms with Gasteiger partial charge >= 0.3 is 0 Å². The molecule has 1 saturated heterocycles. The fourth-order valence-electron chi connectivity index (χ4n) is 2.55. The zero-order valence-electron chi connectivity index (χ0n) is 11.9. The number of amides is 1. The van der Waals surface area contributed by atoms with Gasteiger partial charge in [0.05, 0.1) is 0 Å². The summed E-state index contributed by atoms with van der Waals surface area (Å²) in [6.07, 6.45) is 1.60. The fraction of sp³-hybridized carbons (Fsp3) is 0.500. The summed E-state index contributed by atoms with van der Waals surface area (Å²) in [5.41, 5.74) is 3.10. The first-order valence-electron chi connectivity index (χ1n) is 6.86. The van der Waals surface area contributed by atoms with E-state index in [1.165, 1.54) is 5.56 Å². The molecule has 3 nitrogen and oxygen atoms in total. The van der Waals surface area contributed by atoms with Gasteiger partial charge in [-0.15, -0.1) is 0 Å². The fourth-order valence-corrected chi connectivity index (χ4v) is 2.55. The smallest absolute Gasteiger partial charge is 0.253 e. The average Bonchev–Trinajstić information content (AvgIpc) is 2.41. The van der Waals surface area contributed by atoms with Gasteiger partial charge in [-0.25, -0.2) is 0 Å². The van der Waals surface area contributed by atoms with Gasteiger partial charge in [-0.05, 0) is 56.9 Å². The van der Waals surface area contributed by atoms with Crippen molar-refractivity contribution < 1.29 is 9.59 Å². The summed E-state index contributed by atoms with van der Waals surface area (Å²) in [6.45, 7) is 7.09. The number of benzene rings is 1. The number of carbonyl (C=O) groups excluding carboxylic acids is 2. The average molecular weight is 259 g/mol. The Morgan fingerprint density at radius 1 is 1.11 bits per heavy atom. The minimum absolute atomic E-state index is 0.0881. The van der Waals surface area contributed by atoms with Crippen LogP contribution in [0.4, 0.5) is 0 Å². The summed E-state index contributed by atoms with van der Waals surface area (Å²) < 4.78 is 0. The Morgan fingerprint density at radius 2 is 1.74 bits per heavy atom. The molecule has 0 aromatic heterocycles. The number of hydrogen-bond acceptors (Lipinski definition) is 2. The van der Waals surface area contributed by atoms with Crippen LogP contribution >= 0.6 is 0 Å². The van der Waals surface area contributed by atoms with Crippen LogP contribution in [-0.2, 0) is 4.79 Å².